The van der Waals surface area contributed by atoms with Crippen molar-refractivity contribution in [2.75, 3.05) is 0 Å². The fraction of sp³-hybridized carbons (Fsp3) is 0.206. The van der Waals surface area contributed by atoms with Gasteiger partial charge in [-0.1, -0.05) is 211 Å². The summed E-state index contributed by atoms with van der Waals surface area (Å²) in [6.07, 6.45) is 0. The molecule has 0 radical (unpaired) electrons. The number of phenolic OH excluding ortho intramolecular Hbond substituents is 1. The van der Waals surface area contributed by atoms with Crippen molar-refractivity contribution in [3.05, 3.63) is 186 Å². The minimum Gasteiger partial charge on any atom is -0.507 e. The summed E-state index contributed by atoms with van der Waals surface area (Å²) in [5, 5.41) is 23.1. The molecule has 4 aromatic heterocycles. The number of nitrogens with zero attached hydrogens (tertiary/aromatic N) is 4. The summed E-state index contributed by atoms with van der Waals surface area (Å²) < 4.78 is 4.81. The van der Waals surface area contributed by atoms with Gasteiger partial charge >= 0.3 is 0 Å². The number of imidazole rings is 1. The van der Waals surface area contributed by atoms with E-state index in [1.807, 2.05) is 0 Å². The second kappa shape index (κ2) is 17.1. The van der Waals surface area contributed by atoms with Crippen molar-refractivity contribution in [3.63, 3.8) is 0 Å². The average molecular weight is 1140 g/mol. The van der Waals surface area contributed by atoms with Crippen LogP contribution in [0.4, 0.5) is 0 Å². The zero-order valence-electron chi connectivity index (χ0n) is 43.7. The van der Waals surface area contributed by atoms with Crippen LogP contribution in [0.3, 0.4) is 0 Å². The number of para-hydroxylation sites is 3. The number of aromatic hydroxyl groups is 1. The molecule has 0 fully saturated rings. The zero-order valence-corrected chi connectivity index (χ0v) is 46.0. The van der Waals surface area contributed by atoms with E-state index >= 15 is 0 Å². The maximum absolute atomic E-state index is 12.8. The molecular formula is C68H59N4OPt-. The van der Waals surface area contributed by atoms with Crippen molar-refractivity contribution in [2.24, 2.45) is 0 Å². The Balaban J connectivity index is 0.00000556. The van der Waals surface area contributed by atoms with Crippen LogP contribution in [-0.2, 0) is 31.9 Å². The van der Waals surface area contributed by atoms with Gasteiger partial charge in [-0.2, -0.15) is 0 Å². The molecule has 0 amide bonds. The summed E-state index contributed by atoms with van der Waals surface area (Å²) in [4.78, 5) is 11.6. The van der Waals surface area contributed by atoms with Gasteiger partial charge in [-0.15, -0.1) is 6.07 Å². The molecule has 0 bridgehead atoms. The Morgan fingerprint density at radius 3 is 1.77 bits per heavy atom. The van der Waals surface area contributed by atoms with E-state index in [9.17, 15) is 5.11 Å². The molecule has 0 atom stereocenters. The normalized spacial score (nSPS) is 12.6. The third kappa shape index (κ3) is 7.06. The number of hydrogen-bond acceptors (Lipinski definition) is 3. The van der Waals surface area contributed by atoms with Crippen molar-refractivity contribution < 1.29 is 26.2 Å². The molecule has 0 aliphatic rings. The maximum Gasteiger partial charge on any atom is 0.149 e. The third-order valence-corrected chi connectivity index (χ3v) is 15.6. The first kappa shape index (κ1) is 47.7. The number of phenols is 1. The molecule has 5 nitrogen and oxygen atoms in total. The van der Waals surface area contributed by atoms with Gasteiger partial charge in [0.25, 0.3) is 0 Å². The zero-order chi connectivity index (χ0) is 50.4. The first-order chi connectivity index (χ1) is 35.1. The van der Waals surface area contributed by atoms with Crippen molar-refractivity contribution >= 4 is 81.6 Å². The summed E-state index contributed by atoms with van der Waals surface area (Å²) >= 11 is 0. The van der Waals surface area contributed by atoms with Crippen LogP contribution in [0.15, 0.2) is 158 Å². The molecule has 4 heterocycles. The fourth-order valence-electron chi connectivity index (χ4n) is 12.0. The summed E-state index contributed by atoms with van der Waals surface area (Å²) in [5.74, 6) is 1.30. The van der Waals surface area contributed by atoms with E-state index in [0.29, 0.717) is 5.82 Å². The number of benzene rings is 9. The SMILES string of the molecule is CC(C)c1cc(-c2ccccc2)cc(C(C)C)c1-n1c(-c2cc(C(C)(C)C)cc(C(C)(C)C)c2O)nc2c(-c3ccc4c5ccccc5c5c([c-]c6c7ccccc7n7c8ccccc8c5c67)c4n3)cccc21.[Pt]. The first-order valence-electron chi connectivity index (χ1n) is 26.0. The molecule has 0 spiro atoms. The quantitative estimate of drug-likeness (QED) is 0.133. The largest absolute Gasteiger partial charge is 0.507 e. The van der Waals surface area contributed by atoms with Crippen molar-refractivity contribution in [1.29, 1.82) is 0 Å². The van der Waals surface area contributed by atoms with Crippen LogP contribution in [0.1, 0.15) is 103 Å². The molecule has 6 heteroatoms. The van der Waals surface area contributed by atoms with Gasteiger partial charge < -0.3 is 9.51 Å². The van der Waals surface area contributed by atoms with E-state index in [-0.39, 0.29) is 49.5 Å². The molecular weight excluding hydrogens is 1080 g/mol. The molecule has 0 saturated heterocycles. The standard InChI is InChI=1S/C68H59N4O.Pt/c1-38(2)49-33-41(40-21-12-11-13-22-40)34-50(39(3)4)63(49)72-58-30-20-27-47(62(58)70-66(72)53-35-42(67(5,6)7)36-54(65(53)73)68(8,9)10)55-32-31-46-43-23-14-15-25-45(43)59-52(61(46)69-55)37-51-44-24-16-18-28-56(44)71-57-29-19-17-26-48(57)60(59)64(51)71;/h11-36,38-39,73H,1-10H3;/q-1;. The Kier molecular flexibility index (Phi) is 11.0. The van der Waals surface area contributed by atoms with Gasteiger partial charge in [0.05, 0.1) is 28.0 Å². The Morgan fingerprint density at radius 1 is 0.500 bits per heavy atom. The molecule has 13 rings (SSSR count). The smallest absolute Gasteiger partial charge is 0.149 e. The predicted molar refractivity (Wildman–Crippen MR) is 308 cm³/mol. The van der Waals surface area contributed by atoms with Gasteiger partial charge in [0.2, 0.25) is 0 Å². The van der Waals surface area contributed by atoms with Crippen LogP contribution in [-0.4, -0.2) is 24.0 Å². The summed E-state index contributed by atoms with van der Waals surface area (Å²) in [7, 11) is 0. The van der Waals surface area contributed by atoms with Gasteiger partial charge in [0.1, 0.15) is 11.6 Å². The van der Waals surface area contributed by atoms with E-state index in [0.717, 1.165) is 71.7 Å². The molecule has 0 unspecified atom stereocenters. The minimum absolute atomic E-state index is 0. The van der Waals surface area contributed by atoms with Crippen LogP contribution in [0.25, 0.3) is 121 Å². The average Bonchev–Trinajstić information content (AvgIpc) is 4.05. The Bertz CT molecular complexity index is 4380. The predicted octanol–water partition coefficient (Wildman–Crippen LogP) is 18.4. The molecule has 9 aromatic carbocycles. The van der Waals surface area contributed by atoms with Gasteiger partial charge in [0.15, 0.2) is 0 Å². The molecule has 1 N–H and O–H groups in total. The van der Waals surface area contributed by atoms with Gasteiger partial charge in [-0.3, -0.25) is 9.55 Å². The van der Waals surface area contributed by atoms with Crippen molar-refractivity contribution in [3.8, 4) is 45.2 Å². The number of rotatable bonds is 6. The topological polar surface area (TPSA) is 55.3 Å². The minimum atomic E-state index is -0.341. The summed E-state index contributed by atoms with van der Waals surface area (Å²) in [6.45, 7) is 22.4. The van der Waals surface area contributed by atoms with Crippen LogP contribution < -0.4 is 0 Å². The third-order valence-electron chi connectivity index (χ3n) is 15.6. The van der Waals surface area contributed by atoms with E-state index in [1.165, 1.54) is 65.7 Å². The van der Waals surface area contributed by atoms with Gasteiger partial charge in [0, 0.05) is 48.7 Å². The Labute approximate surface area is 447 Å². The molecule has 0 aliphatic heterocycles. The van der Waals surface area contributed by atoms with Gasteiger partial charge in [-0.25, -0.2) is 4.98 Å². The number of hydrogen-bond donors (Lipinski definition) is 1. The van der Waals surface area contributed by atoms with Crippen molar-refractivity contribution in [2.45, 2.75) is 91.9 Å². The van der Waals surface area contributed by atoms with Crippen LogP contribution >= 0.6 is 0 Å². The molecule has 368 valence electrons. The number of aromatic nitrogens is 4. The molecule has 0 aliphatic carbocycles. The van der Waals surface area contributed by atoms with E-state index in [1.54, 1.807) is 0 Å². The molecule has 13 aromatic rings. The van der Waals surface area contributed by atoms with E-state index < -0.39 is 0 Å². The number of fused-ring (bicyclic) bond motifs is 14. The summed E-state index contributed by atoms with van der Waals surface area (Å²) in [6, 6.07) is 61.2. The van der Waals surface area contributed by atoms with Crippen molar-refractivity contribution in [1.82, 2.24) is 18.9 Å². The second-order valence-corrected chi connectivity index (χ2v) is 23.0. The summed E-state index contributed by atoms with van der Waals surface area (Å²) in [5.41, 5.74) is 16.2. The van der Waals surface area contributed by atoms with Gasteiger partial charge in [-0.05, 0) is 120 Å². The Hall–Kier alpha value is -7.33. The maximum atomic E-state index is 12.8. The van der Waals surface area contributed by atoms with Crippen LogP contribution in [0.5, 0.6) is 5.75 Å². The van der Waals surface area contributed by atoms with Crippen LogP contribution in [0.2, 0.25) is 0 Å². The first-order valence-corrected chi connectivity index (χ1v) is 26.0. The molecule has 0 saturated carbocycles. The van der Waals surface area contributed by atoms with Crippen LogP contribution in [0, 0.1) is 6.07 Å². The second-order valence-electron chi connectivity index (χ2n) is 23.0. The molecule has 74 heavy (non-hydrogen) atoms. The number of pyridine rings is 1. The van der Waals surface area contributed by atoms with E-state index in [4.69, 9.17) is 9.97 Å². The van der Waals surface area contributed by atoms with E-state index in [2.05, 4.69) is 242 Å². The monoisotopic (exact) mass is 1140 g/mol. The fourth-order valence-corrected chi connectivity index (χ4v) is 12.0. The Morgan fingerprint density at radius 2 is 1.11 bits per heavy atom.